The van der Waals surface area contributed by atoms with Crippen molar-refractivity contribution in [3.63, 3.8) is 0 Å². The monoisotopic (exact) mass is 525 g/mol. The number of carbonyl (C=O) groups is 2. The van der Waals surface area contributed by atoms with Crippen molar-refractivity contribution < 1.29 is 18.7 Å². The van der Waals surface area contributed by atoms with Crippen LogP contribution in [0.5, 0.6) is 5.88 Å². The molecule has 37 heavy (non-hydrogen) atoms. The average Bonchev–Trinajstić information content (AvgIpc) is 2.89. The van der Waals surface area contributed by atoms with Crippen LogP contribution in [0.3, 0.4) is 0 Å². The van der Waals surface area contributed by atoms with Gasteiger partial charge in [-0.15, -0.1) is 11.8 Å². The number of thioether (sulfide) groups is 1. The van der Waals surface area contributed by atoms with E-state index in [1.165, 1.54) is 25.1 Å². The Morgan fingerprint density at radius 1 is 1.22 bits per heavy atom. The van der Waals surface area contributed by atoms with E-state index in [-0.39, 0.29) is 35.4 Å². The first-order chi connectivity index (χ1) is 17.8. The molecule has 10 nitrogen and oxygen atoms in total. The first-order valence-corrected chi connectivity index (χ1v) is 13.0. The summed E-state index contributed by atoms with van der Waals surface area (Å²) < 4.78 is 19.9. The van der Waals surface area contributed by atoms with Crippen molar-refractivity contribution in [2.45, 2.75) is 37.2 Å². The maximum absolute atomic E-state index is 14.7. The molecule has 2 atom stereocenters. The Kier molecular flexibility index (Phi) is 7.22. The van der Waals surface area contributed by atoms with E-state index in [1.807, 2.05) is 11.9 Å². The number of hydrazine groups is 1. The fourth-order valence-electron chi connectivity index (χ4n) is 4.63. The van der Waals surface area contributed by atoms with Crippen LogP contribution in [0.2, 0.25) is 0 Å². The predicted molar refractivity (Wildman–Crippen MR) is 138 cm³/mol. The molecule has 0 radical (unpaired) electrons. The van der Waals surface area contributed by atoms with Crippen molar-refractivity contribution in [1.82, 2.24) is 30.3 Å². The van der Waals surface area contributed by atoms with Crippen LogP contribution >= 0.6 is 11.8 Å². The number of amides is 2. The van der Waals surface area contributed by atoms with Crippen molar-refractivity contribution in [2.75, 3.05) is 37.8 Å². The Bertz CT molecular complexity index is 1360. The Morgan fingerprint density at radius 3 is 2.86 bits per heavy atom. The number of halogens is 1. The lowest BCUT2D eigenvalue weighted by atomic mass is 10.1. The summed E-state index contributed by atoms with van der Waals surface area (Å²) in [6, 6.07) is 7.09. The molecule has 5 rings (SSSR count). The van der Waals surface area contributed by atoms with E-state index in [0.717, 1.165) is 4.90 Å². The van der Waals surface area contributed by atoms with Crippen molar-refractivity contribution in [1.29, 1.82) is 0 Å². The van der Waals surface area contributed by atoms with Crippen molar-refractivity contribution in [2.24, 2.45) is 0 Å². The molecule has 12 heteroatoms. The van der Waals surface area contributed by atoms with E-state index >= 15 is 0 Å². The molecule has 0 unspecified atom stereocenters. The van der Waals surface area contributed by atoms with Crippen LogP contribution < -0.4 is 15.5 Å². The number of rotatable bonds is 6. The zero-order valence-electron chi connectivity index (χ0n) is 20.8. The summed E-state index contributed by atoms with van der Waals surface area (Å²) in [4.78, 5) is 40.6. The summed E-state index contributed by atoms with van der Waals surface area (Å²) in [5, 5.41) is 4.63. The molecular formula is C25H28FN7O3S. The molecule has 3 aromatic heterocycles. The van der Waals surface area contributed by atoms with Crippen molar-refractivity contribution in [3.05, 3.63) is 47.5 Å². The second kappa shape index (κ2) is 10.6. The van der Waals surface area contributed by atoms with Gasteiger partial charge in [0.2, 0.25) is 11.8 Å². The fourth-order valence-corrected chi connectivity index (χ4v) is 5.38. The van der Waals surface area contributed by atoms with Crippen LogP contribution in [0.25, 0.3) is 11.0 Å². The average molecular weight is 526 g/mol. The normalized spacial score (nSPS) is 20.4. The third-order valence-corrected chi connectivity index (χ3v) is 7.71. The summed E-state index contributed by atoms with van der Waals surface area (Å²) in [6.45, 7) is 6.03. The quantitative estimate of drug-likeness (QED) is 0.501. The Hall–Kier alpha value is -3.35. The fraction of sp³-hybridized carbons (Fsp3) is 0.400. The number of pyridine rings is 3. The molecule has 2 aliphatic heterocycles. The number of fused-ring (bicyclic) bond motifs is 2. The molecule has 3 aromatic rings. The molecule has 2 N–H and O–H groups in total. The number of methoxy groups -OCH3 is 1. The van der Waals surface area contributed by atoms with E-state index < -0.39 is 0 Å². The zero-order chi connectivity index (χ0) is 26.1. The minimum Gasteiger partial charge on any atom is -0.481 e. The number of nitrogens with one attached hydrogen (secondary N) is 2. The van der Waals surface area contributed by atoms with Crippen LogP contribution in [-0.4, -0.2) is 81.3 Å². The number of hydrogen-bond acceptors (Lipinski definition) is 9. The van der Waals surface area contributed by atoms with Crippen molar-refractivity contribution in [3.8, 4) is 5.88 Å². The van der Waals surface area contributed by atoms with Gasteiger partial charge >= 0.3 is 0 Å². The molecule has 2 amide bonds. The number of ether oxygens (including phenoxy) is 1. The molecule has 0 spiro atoms. The highest BCUT2D eigenvalue weighted by Gasteiger charge is 2.31. The molecule has 194 valence electrons. The number of hydrogen-bond donors (Lipinski definition) is 2. The van der Waals surface area contributed by atoms with Crippen LogP contribution in [-0.2, 0) is 11.2 Å². The summed E-state index contributed by atoms with van der Waals surface area (Å²) >= 11 is 1.40. The third-order valence-electron chi connectivity index (χ3n) is 6.67. The zero-order valence-corrected chi connectivity index (χ0v) is 21.6. The van der Waals surface area contributed by atoms with Gasteiger partial charge in [0.25, 0.3) is 5.91 Å². The highest BCUT2D eigenvalue weighted by molar-refractivity contribution is 8.00. The van der Waals surface area contributed by atoms with E-state index in [1.54, 1.807) is 24.3 Å². The first-order valence-electron chi connectivity index (χ1n) is 12.1. The lowest BCUT2D eigenvalue weighted by molar-refractivity contribution is -0.113. The SMILES string of the molecule is COc1ccc2ncc(F)c(CCN3C[C@H](C)N(NC(=O)c4ccc5c(n4)NC(=O)CS5)C[C@H]3C)c2n1. The number of aromatic nitrogens is 3. The van der Waals surface area contributed by atoms with Gasteiger partial charge in [0.15, 0.2) is 0 Å². The van der Waals surface area contributed by atoms with E-state index in [9.17, 15) is 14.0 Å². The maximum atomic E-state index is 14.7. The van der Waals surface area contributed by atoms with Gasteiger partial charge in [0.1, 0.15) is 17.3 Å². The number of anilines is 1. The van der Waals surface area contributed by atoms with Crippen LogP contribution in [0.4, 0.5) is 10.2 Å². The summed E-state index contributed by atoms with van der Waals surface area (Å²) in [6.07, 6.45) is 1.71. The van der Waals surface area contributed by atoms with Gasteiger partial charge in [0.05, 0.1) is 35.0 Å². The highest BCUT2D eigenvalue weighted by atomic mass is 32.2. The van der Waals surface area contributed by atoms with Crippen LogP contribution in [0.1, 0.15) is 29.9 Å². The van der Waals surface area contributed by atoms with Gasteiger partial charge in [0, 0.05) is 43.3 Å². The number of carbonyl (C=O) groups excluding carboxylic acids is 2. The van der Waals surface area contributed by atoms with Gasteiger partial charge in [-0.3, -0.25) is 24.9 Å². The molecule has 0 bridgehead atoms. The molecule has 2 aliphatic rings. The lowest BCUT2D eigenvalue weighted by Crippen LogP contribution is -2.61. The van der Waals surface area contributed by atoms with Gasteiger partial charge in [-0.25, -0.2) is 19.4 Å². The van der Waals surface area contributed by atoms with E-state index in [0.29, 0.717) is 60.1 Å². The molecule has 0 aliphatic carbocycles. The van der Waals surface area contributed by atoms with Gasteiger partial charge in [-0.2, -0.15) is 0 Å². The minimum atomic E-state index is -0.382. The summed E-state index contributed by atoms with van der Waals surface area (Å²) in [7, 11) is 1.53. The second-order valence-electron chi connectivity index (χ2n) is 9.22. The van der Waals surface area contributed by atoms with Gasteiger partial charge in [-0.1, -0.05) is 0 Å². The first kappa shape index (κ1) is 25.3. The molecule has 1 saturated heterocycles. The standard InChI is InChI=1S/C25H28FN7O3S/c1-14-12-33(31-25(35)19-4-6-20-24(28-19)29-21(34)13-37-20)15(2)11-32(14)9-8-16-17(26)10-27-18-5-7-22(36-3)30-23(16)18/h4-7,10,14-15H,8-9,11-13H2,1-3H3,(H,31,35)(H,28,29,34)/t14-,15+/m1/s1. The molecule has 0 saturated carbocycles. The molecule has 0 aromatic carbocycles. The Balaban J connectivity index is 1.23. The van der Waals surface area contributed by atoms with Crippen LogP contribution in [0, 0.1) is 5.82 Å². The van der Waals surface area contributed by atoms with Gasteiger partial charge in [-0.05, 0) is 38.5 Å². The highest BCUT2D eigenvalue weighted by Crippen LogP contribution is 2.29. The largest absolute Gasteiger partial charge is 0.481 e. The summed E-state index contributed by atoms with van der Waals surface area (Å²) in [5.41, 5.74) is 4.86. The van der Waals surface area contributed by atoms with Crippen molar-refractivity contribution >= 4 is 40.4 Å². The lowest BCUT2D eigenvalue weighted by Gasteiger charge is -2.44. The summed E-state index contributed by atoms with van der Waals surface area (Å²) in [5.74, 6) is 0.340. The third kappa shape index (κ3) is 5.36. The van der Waals surface area contributed by atoms with E-state index in [2.05, 4.69) is 37.5 Å². The molecular weight excluding hydrogens is 497 g/mol. The predicted octanol–water partition coefficient (Wildman–Crippen LogP) is 2.50. The Morgan fingerprint density at radius 2 is 2.05 bits per heavy atom. The number of piperazine rings is 1. The smallest absolute Gasteiger partial charge is 0.284 e. The topological polar surface area (TPSA) is 113 Å². The molecule has 1 fully saturated rings. The van der Waals surface area contributed by atoms with Gasteiger partial charge < -0.3 is 10.1 Å². The number of nitrogens with zero attached hydrogens (tertiary/aromatic N) is 5. The molecule has 5 heterocycles. The van der Waals surface area contributed by atoms with Crippen LogP contribution in [0.15, 0.2) is 35.4 Å². The minimum absolute atomic E-state index is 0.0188. The van der Waals surface area contributed by atoms with E-state index in [4.69, 9.17) is 4.74 Å². The Labute approximate surface area is 218 Å². The maximum Gasteiger partial charge on any atom is 0.284 e. The second-order valence-corrected chi connectivity index (χ2v) is 10.2.